The van der Waals surface area contributed by atoms with Crippen LogP contribution in [0, 0.1) is 0 Å². The van der Waals surface area contributed by atoms with Crippen LogP contribution in [0.1, 0.15) is 12.6 Å². The Hall–Kier alpha value is -3.13. The smallest absolute Gasteiger partial charge is 0.280 e. The Labute approximate surface area is 171 Å². The molecule has 1 amide bonds. The van der Waals surface area contributed by atoms with E-state index in [9.17, 15) is 9.59 Å². The summed E-state index contributed by atoms with van der Waals surface area (Å²) in [4.78, 5) is 42.9. The zero-order chi connectivity index (χ0) is 21.5. The number of aromatic nitrogens is 6. The van der Waals surface area contributed by atoms with Gasteiger partial charge in [0.25, 0.3) is 5.56 Å². The number of aliphatic hydroxyl groups excluding tert-OH is 1. The van der Waals surface area contributed by atoms with Crippen molar-refractivity contribution in [1.82, 2.24) is 34.8 Å². The van der Waals surface area contributed by atoms with E-state index in [4.69, 9.17) is 15.6 Å². The van der Waals surface area contributed by atoms with E-state index in [1.807, 2.05) is 6.92 Å². The van der Waals surface area contributed by atoms with Gasteiger partial charge < -0.3 is 25.9 Å². The normalized spacial score (nSPS) is 13.4. The predicted molar refractivity (Wildman–Crippen MR) is 108 cm³/mol. The Morgan fingerprint density at radius 1 is 1.47 bits per heavy atom. The van der Waals surface area contributed by atoms with Crippen molar-refractivity contribution in [1.29, 1.82) is 0 Å². The highest BCUT2D eigenvalue weighted by molar-refractivity contribution is 5.94. The van der Waals surface area contributed by atoms with E-state index in [1.165, 1.54) is 17.2 Å². The molecule has 0 bridgehead atoms. The quantitative estimate of drug-likeness (QED) is 0.197. The van der Waals surface area contributed by atoms with Gasteiger partial charge in [0, 0.05) is 30.9 Å². The summed E-state index contributed by atoms with van der Waals surface area (Å²) in [5.41, 5.74) is 6.43. The fourth-order valence-corrected chi connectivity index (χ4v) is 2.74. The Bertz CT molecular complexity index is 1010. The summed E-state index contributed by atoms with van der Waals surface area (Å²) in [6.45, 7) is 2.30. The van der Waals surface area contributed by atoms with Crippen molar-refractivity contribution in [3.05, 3.63) is 34.9 Å². The van der Waals surface area contributed by atoms with Crippen molar-refractivity contribution in [2.24, 2.45) is 5.73 Å². The Morgan fingerprint density at radius 3 is 3.00 bits per heavy atom. The van der Waals surface area contributed by atoms with Gasteiger partial charge in [-0.1, -0.05) is 0 Å². The molecular weight excluding hydrogens is 394 g/mol. The predicted octanol–water partition coefficient (Wildman–Crippen LogP) is -1.70. The molecule has 2 unspecified atom stereocenters. The van der Waals surface area contributed by atoms with Gasteiger partial charge in [0.15, 0.2) is 11.2 Å². The van der Waals surface area contributed by atoms with Crippen molar-refractivity contribution < 1.29 is 14.6 Å². The molecule has 0 aliphatic rings. The largest absolute Gasteiger partial charge is 0.394 e. The van der Waals surface area contributed by atoms with Crippen LogP contribution >= 0.6 is 0 Å². The second-order valence-electron chi connectivity index (χ2n) is 6.77. The third kappa shape index (κ3) is 5.48. The van der Waals surface area contributed by atoms with Crippen LogP contribution in [0.15, 0.2) is 23.6 Å². The van der Waals surface area contributed by atoms with Crippen molar-refractivity contribution in [3.63, 3.8) is 0 Å². The molecule has 0 saturated heterocycles. The van der Waals surface area contributed by atoms with Gasteiger partial charge in [0.1, 0.15) is 6.73 Å². The number of nitrogens with zero attached hydrogens (tertiary/aromatic N) is 4. The number of fused-ring (bicyclic) bond motifs is 1. The number of nitrogens with two attached hydrogens (primary N) is 1. The SMILES string of the molecule is CC(N)CNC(Cc1cnc[nH]1)C(=O)Nc1nc2c(ncn2COCCO)c(=O)[nH]1. The summed E-state index contributed by atoms with van der Waals surface area (Å²) in [6.07, 6.45) is 4.91. The minimum atomic E-state index is -0.629. The molecule has 3 aromatic rings. The van der Waals surface area contributed by atoms with Gasteiger partial charge in [-0.05, 0) is 6.92 Å². The topological polar surface area (TPSA) is 189 Å². The lowest BCUT2D eigenvalue weighted by Gasteiger charge is -2.18. The number of amides is 1. The molecule has 0 aromatic carbocycles. The first kappa shape index (κ1) is 21.6. The highest BCUT2D eigenvalue weighted by Crippen LogP contribution is 2.09. The molecule has 3 aromatic heterocycles. The summed E-state index contributed by atoms with van der Waals surface area (Å²) in [6, 6.07) is -0.778. The molecule has 162 valence electrons. The molecule has 3 heterocycles. The third-order valence-corrected chi connectivity index (χ3v) is 4.16. The number of carbonyl (C=O) groups excluding carboxylic acids is 1. The fourth-order valence-electron chi connectivity index (χ4n) is 2.74. The highest BCUT2D eigenvalue weighted by atomic mass is 16.5. The lowest BCUT2D eigenvalue weighted by molar-refractivity contribution is -0.118. The molecule has 0 spiro atoms. The number of carbonyl (C=O) groups is 1. The van der Waals surface area contributed by atoms with E-state index in [2.05, 4.69) is 35.6 Å². The Morgan fingerprint density at radius 2 is 2.30 bits per heavy atom. The van der Waals surface area contributed by atoms with Gasteiger partial charge in [0.2, 0.25) is 11.9 Å². The molecule has 0 aliphatic heterocycles. The van der Waals surface area contributed by atoms with Crippen molar-refractivity contribution >= 4 is 23.0 Å². The summed E-state index contributed by atoms with van der Waals surface area (Å²) in [5, 5.41) is 14.6. The molecule has 0 fully saturated rings. The summed E-state index contributed by atoms with van der Waals surface area (Å²) in [7, 11) is 0. The second-order valence-corrected chi connectivity index (χ2v) is 6.77. The number of ether oxygens (including phenoxy) is 1. The van der Waals surface area contributed by atoms with E-state index in [-0.39, 0.29) is 43.1 Å². The number of nitrogens with one attached hydrogen (secondary N) is 4. The van der Waals surface area contributed by atoms with Crippen LogP contribution in [0.5, 0.6) is 0 Å². The average molecular weight is 419 g/mol. The van der Waals surface area contributed by atoms with Crippen LogP contribution < -0.4 is 21.9 Å². The second kappa shape index (κ2) is 10.1. The first-order valence-corrected chi connectivity index (χ1v) is 9.38. The van der Waals surface area contributed by atoms with E-state index in [1.54, 1.807) is 6.20 Å². The van der Waals surface area contributed by atoms with Crippen LogP contribution in [0.2, 0.25) is 0 Å². The molecule has 2 atom stereocenters. The van der Waals surface area contributed by atoms with Crippen LogP contribution in [-0.4, -0.2) is 72.3 Å². The number of rotatable bonds is 11. The first-order valence-electron chi connectivity index (χ1n) is 9.38. The number of hydrogen-bond acceptors (Lipinski definition) is 9. The zero-order valence-electron chi connectivity index (χ0n) is 16.5. The number of hydrogen-bond donors (Lipinski definition) is 6. The Kier molecular flexibility index (Phi) is 7.24. The van der Waals surface area contributed by atoms with Crippen LogP contribution in [0.4, 0.5) is 5.95 Å². The zero-order valence-corrected chi connectivity index (χ0v) is 16.5. The number of anilines is 1. The maximum absolute atomic E-state index is 12.8. The molecule has 0 radical (unpaired) electrons. The van der Waals surface area contributed by atoms with Gasteiger partial charge in [-0.25, -0.2) is 9.97 Å². The molecule has 7 N–H and O–H groups in total. The molecule has 13 heteroatoms. The van der Waals surface area contributed by atoms with Crippen molar-refractivity contribution in [2.45, 2.75) is 32.2 Å². The summed E-state index contributed by atoms with van der Waals surface area (Å²) < 4.78 is 6.76. The maximum atomic E-state index is 12.8. The molecule has 3 rings (SSSR count). The van der Waals surface area contributed by atoms with Crippen LogP contribution in [0.3, 0.4) is 0 Å². The van der Waals surface area contributed by atoms with E-state index in [0.717, 1.165) is 5.69 Å². The lowest BCUT2D eigenvalue weighted by atomic mass is 10.1. The van der Waals surface area contributed by atoms with Crippen LogP contribution in [0.25, 0.3) is 11.2 Å². The minimum absolute atomic E-state index is 0.0152. The molecular formula is C17H25N9O4. The average Bonchev–Trinajstić information content (AvgIpc) is 3.35. The fraction of sp³-hybridized carbons (Fsp3) is 0.471. The van der Waals surface area contributed by atoms with Crippen molar-refractivity contribution in [3.8, 4) is 0 Å². The number of imidazole rings is 2. The van der Waals surface area contributed by atoms with E-state index < -0.39 is 17.5 Å². The maximum Gasteiger partial charge on any atom is 0.280 e. The minimum Gasteiger partial charge on any atom is -0.394 e. The first-order chi connectivity index (χ1) is 14.5. The highest BCUT2D eigenvalue weighted by Gasteiger charge is 2.21. The number of aromatic amines is 2. The van der Waals surface area contributed by atoms with Gasteiger partial charge >= 0.3 is 0 Å². The van der Waals surface area contributed by atoms with E-state index in [0.29, 0.717) is 13.0 Å². The standard InChI is InChI=1S/C17H25N9O4/c1-10(18)5-20-12(4-11-6-19-7-21-11)15(28)24-17-23-14-13(16(29)25-17)22-8-26(14)9-30-3-2-27/h6-8,10,12,20,27H,2-5,9,18H2,1H3,(H,19,21)(H2,23,24,25,28,29). The molecule has 0 aliphatic carbocycles. The van der Waals surface area contributed by atoms with Gasteiger partial charge in [-0.15, -0.1) is 0 Å². The molecule has 0 saturated carbocycles. The summed E-state index contributed by atoms with van der Waals surface area (Å²) in [5.74, 6) is -0.408. The van der Waals surface area contributed by atoms with Gasteiger partial charge in [-0.2, -0.15) is 4.98 Å². The molecule has 30 heavy (non-hydrogen) atoms. The lowest BCUT2D eigenvalue weighted by Crippen LogP contribution is -2.46. The van der Waals surface area contributed by atoms with Gasteiger partial charge in [-0.3, -0.25) is 24.5 Å². The summed E-state index contributed by atoms with van der Waals surface area (Å²) >= 11 is 0. The monoisotopic (exact) mass is 419 g/mol. The van der Waals surface area contributed by atoms with Crippen molar-refractivity contribution in [2.75, 3.05) is 25.1 Å². The third-order valence-electron chi connectivity index (χ3n) is 4.16. The van der Waals surface area contributed by atoms with Crippen LogP contribution in [-0.2, 0) is 22.7 Å². The van der Waals surface area contributed by atoms with E-state index >= 15 is 0 Å². The number of aliphatic hydroxyl groups is 1. The van der Waals surface area contributed by atoms with Gasteiger partial charge in [0.05, 0.1) is 31.9 Å². The molecule has 13 nitrogen and oxygen atoms in total. The number of H-pyrrole nitrogens is 2. The Balaban J connectivity index is 1.78.